The van der Waals surface area contributed by atoms with Crippen LogP contribution >= 0.6 is 0 Å². The maximum absolute atomic E-state index is 12.0. The minimum absolute atomic E-state index is 0. The van der Waals surface area contributed by atoms with Gasteiger partial charge >= 0.3 is 5.97 Å². The second kappa shape index (κ2) is 14.9. The van der Waals surface area contributed by atoms with Gasteiger partial charge in [-0.25, -0.2) is 0 Å². The van der Waals surface area contributed by atoms with E-state index in [2.05, 4.69) is 110 Å². The number of esters is 1. The predicted octanol–water partition coefficient (Wildman–Crippen LogP) is 8.25. The summed E-state index contributed by atoms with van der Waals surface area (Å²) in [6, 6.07) is 23.4. The number of anilines is 1. The normalized spacial score (nSPS) is 12.9. The van der Waals surface area contributed by atoms with Crippen molar-refractivity contribution in [2.24, 2.45) is 0 Å². The van der Waals surface area contributed by atoms with Crippen LogP contribution in [0.15, 0.2) is 66.7 Å². The van der Waals surface area contributed by atoms with Crippen molar-refractivity contribution >= 4 is 39.9 Å². The van der Waals surface area contributed by atoms with Crippen molar-refractivity contribution < 1.29 is 15.5 Å². The molecule has 1 aliphatic heterocycles. The van der Waals surface area contributed by atoms with E-state index in [4.69, 9.17) is 10.00 Å². The van der Waals surface area contributed by atoms with Gasteiger partial charge in [0.05, 0.1) is 18.6 Å². The summed E-state index contributed by atoms with van der Waals surface area (Å²) >= 11 is 0. The van der Waals surface area contributed by atoms with Crippen molar-refractivity contribution in [1.82, 2.24) is 0 Å². The molecule has 0 amide bonds. The third kappa shape index (κ3) is 7.15. The summed E-state index contributed by atoms with van der Waals surface area (Å²) in [6.45, 7) is 12.9. The topological polar surface area (TPSA) is 56.3 Å². The fourth-order valence-corrected chi connectivity index (χ4v) is 5.14. The first-order valence-electron chi connectivity index (χ1n) is 12.9. The van der Waals surface area contributed by atoms with E-state index in [1.807, 2.05) is 0 Å². The third-order valence-corrected chi connectivity index (χ3v) is 6.98. The minimum atomic E-state index is -0.204. The molecule has 5 nitrogen and oxygen atoms in total. The molecule has 0 aromatic heterocycles. The fourth-order valence-electron chi connectivity index (χ4n) is 5.14. The number of allylic oxidation sites excluding steroid dienone is 1. The summed E-state index contributed by atoms with van der Waals surface area (Å²) in [5.41, 5.74) is 5.87. The summed E-state index contributed by atoms with van der Waals surface area (Å²) in [6.07, 6.45) is 4.75. The first kappa shape index (κ1) is 33.1. The highest BCUT2D eigenvalue weighted by Crippen LogP contribution is 2.44. The Bertz CT molecular complexity index is 1350. The molecule has 0 radical (unpaired) electrons. The van der Waals surface area contributed by atoms with E-state index in [0.717, 1.165) is 18.7 Å². The molecule has 0 bridgehead atoms. The molecule has 0 aliphatic carbocycles. The lowest BCUT2D eigenvalue weighted by atomic mass is 9.79. The Hall–Kier alpha value is -3.91. The van der Waals surface area contributed by atoms with Gasteiger partial charge < -0.3 is 11.1 Å². The SMILES string of the molecule is C.C.CC#N.CCN(CC)c1ccc(/C=C/C2=[N+](CCC(=O)OC)c3ccc4ccccc4c3C2(C)C)cc1.[3H-]. The van der Waals surface area contributed by atoms with Gasteiger partial charge in [-0.2, -0.15) is 9.84 Å². The van der Waals surface area contributed by atoms with Gasteiger partial charge in [-0.3, -0.25) is 4.79 Å². The number of ether oxygens (including phenoxy) is 1. The van der Waals surface area contributed by atoms with Crippen LogP contribution < -0.4 is 4.90 Å². The van der Waals surface area contributed by atoms with E-state index < -0.39 is 0 Å². The van der Waals surface area contributed by atoms with E-state index in [-0.39, 0.29) is 27.7 Å². The molecule has 0 saturated heterocycles. The van der Waals surface area contributed by atoms with Gasteiger partial charge in [0.25, 0.3) is 0 Å². The lowest BCUT2D eigenvalue weighted by Crippen LogP contribution is -2.28. The van der Waals surface area contributed by atoms with E-state index in [0.29, 0.717) is 13.0 Å². The van der Waals surface area contributed by atoms with Crippen LogP contribution in [0.4, 0.5) is 11.4 Å². The number of carbonyl (C=O) groups is 1. The molecule has 4 rings (SSSR count). The minimum Gasteiger partial charge on any atom is -1.00 e. The van der Waals surface area contributed by atoms with Gasteiger partial charge in [-0.1, -0.05) is 51.3 Å². The molecule has 0 fully saturated rings. The van der Waals surface area contributed by atoms with Crippen LogP contribution in [-0.2, 0) is 14.9 Å². The summed E-state index contributed by atoms with van der Waals surface area (Å²) in [4.78, 5) is 14.3. The van der Waals surface area contributed by atoms with Crippen molar-refractivity contribution in [3.05, 3.63) is 77.9 Å². The number of methoxy groups -OCH3 is 1. The van der Waals surface area contributed by atoms with Crippen molar-refractivity contribution in [3.8, 4) is 6.07 Å². The summed E-state index contributed by atoms with van der Waals surface area (Å²) in [5.74, 6) is -0.192. The molecular formula is C34H47N3O2. The number of carbonyl (C=O) groups excluding carboxylic acids is 1. The third-order valence-electron chi connectivity index (χ3n) is 6.98. The first-order chi connectivity index (χ1) is 17.8. The van der Waals surface area contributed by atoms with Crippen molar-refractivity contribution in [2.75, 3.05) is 31.6 Å². The lowest BCUT2D eigenvalue weighted by molar-refractivity contribution is -0.436. The second-order valence-electron chi connectivity index (χ2n) is 9.49. The van der Waals surface area contributed by atoms with Crippen LogP contribution in [-0.4, -0.2) is 43.0 Å². The number of nitrogens with zero attached hydrogens (tertiary/aromatic N) is 3. The van der Waals surface area contributed by atoms with E-state index in [1.165, 1.54) is 47.5 Å². The second-order valence-corrected chi connectivity index (χ2v) is 9.49. The van der Waals surface area contributed by atoms with E-state index in [1.54, 1.807) is 6.07 Å². The average molecular weight is 532 g/mol. The van der Waals surface area contributed by atoms with E-state index >= 15 is 0 Å². The molecule has 3 aromatic carbocycles. The van der Waals surface area contributed by atoms with Gasteiger partial charge in [0.1, 0.15) is 6.42 Å². The smallest absolute Gasteiger partial charge is 0.311 e. The van der Waals surface area contributed by atoms with Crippen molar-refractivity contribution in [1.29, 1.82) is 5.26 Å². The first-order valence-corrected chi connectivity index (χ1v) is 12.9. The molecule has 3 aromatic rings. The van der Waals surface area contributed by atoms with Crippen LogP contribution in [0.1, 0.15) is 68.4 Å². The maximum atomic E-state index is 12.0. The zero-order valence-corrected chi connectivity index (χ0v) is 22.9. The van der Waals surface area contributed by atoms with Gasteiger partial charge in [0.2, 0.25) is 5.69 Å². The molecule has 1 aliphatic rings. The van der Waals surface area contributed by atoms with Crippen LogP contribution in [0.2, 0.25) is 0 Å². The number of nitriles is 1. The maximum Gasteiger partial charge on any atom is 0.311 e. The molecule has 0 N–H and O–H groups in total. The average Bonchev–Trinajstić information content (AvgIpc) is 3.13. The Balaban J connectivity index is 0.00000243. The predicted molar refractivity (Wildman–Crippen MR) is 168 cm³/mol. The Morgan fingerprint density at radius 2 is 1.64 bits per heavy atom. The Morgan fingerprint density at radius 3 is 2.23 bits per heavy atom. The monoisotopic (exact) mass is 531 g/mol. The van der Waals surface area contributed by atoms with E-state index in [9.17, 15) is 4.79 Å². The van der Waals surface area contributed by atoms with Crippen LogP contribution in [0, 0.1) is 11.3 Å². The van der Waals surface area contributed by atoms with Crippen molar-refractivity contribution in [2.45, 2.75) is 61.3 Å². The summed E-state index contributed by atoms with van der Waals surface area (Å²) in [5, 5.41) is 9.82. The number of benzene rings is 3. The molecule has 1 heterocycles. The highest BCUT2D eigenvalue weighted by molar-refractivity contribution is 6.09. The van der Waals surface area contributed by atoms with Gasteiger partial charge in [-0.05, 0) is 68.3 Å². The molecule has 210 valence electrons. The molecule has 39 heavy (non-hydrogen) atoms. The van der Waals surface area contributed by atoms with Crippen LogP contribution in [0.5, 0.6) is 0 Å². The zero-order chi connectivity index (χ0) is 27.0. The Kier molecular flexibility index (Phi) is 12.6. The van der Waals surface area contributed by atoms with Gasteiger partial charge in [0.15, 0.2) is 12.3 Å². The number of fused-ring (bicyclic) bond motifs is 3. The molecule has 5 heteroatoms. The molecular weight excluding hydrogens is 482 g/mol. The number of hydrogen-bond donors (Lipinski definition) is 0. The van der Waals surface area contributed by atoms with Crippen LogP contribution in [0.25, 0.3) is 16.8 Å². The quantitative estimate of drug-likeness (QED) is 0.217. The Morgan fingerprint density at radius 1 is 1.03 bits per heavy atom. The highest BCUT2D eigenvalue weighted by Gasteiger charge is 2.45. The summed E-state index contributed by atoms with van der Waals surface area (Å²) < 4.78 is 7.23. The standard InChI is InChI=1S/C30H35N2O2.C2H3N.2CH4.H/c1-6-31(7-2)24-16-12-22(13-17-24)14-19-27-30(3,4)29-25-11-9-8-10-23(25)15-18-26(29)32(27)21-20-28(33)34-5;1-2-3;;;/h8-19H,6-7,20-21H2,1-5H3;1H3;2*1H4;/q+1;;;;-1/i;;;;1+2. The largest absolute Gasteiger partial charge is 1.00 e. The number of rotatable bonds is 8. The van der Waals surface area contributed by atoms with Gasteiger partial charge in [-0.15, -0.1) is 0 Å². The zero-order valence-electron chi connectivity index (χ0n) is 23.9. The lowest BCUT2D eigenvalue weighted by Gasteiger charge is -2.20. The fraction of sp³-hybridized carbons (Fsp3) is 0.382. The Labute approximate surface area is 237 Å². The van der Waals surface area contributed by atoms with Crippen molar-refractivity contribution in [3.63, 3.8) is 0 Å². The molecule has 0 atom stereocenters. The van der Waals surface area contributed by atoms with Gasteiger partial charge in [0, 0.05) is 43.4 Å². The molecule has 0 unspecified atom stereocenters. The highest BCUT2D eigenvalue weighted by atomic mass is 16.5. The molecule has 0 spiro atoms. The number of hydrogen-bond acceptors (Lipinski definition) is 4. The summed E-state index contributed by atoms with van der Waals surface area (Å²) in [7, 11) is 1.45. The molecule has 0 saturated carbocycles. The van der Waals surface area contributed by atoms with Crippen LogP contribution in [0.3, 0.4) is 0 Å².